The van der Waals surface area contributed by atoms with Gasteiger partial charge in [0.2, 0.25) is 5.91 Å². The zero-order valence-corrected chi connectivity index (χ0v) is 26.1. The van der Waals surface area contributed by atoms with Gasteiger partial charge >= 0.3 is 0 Å². The maximum Gasteiger partial charge on any atom is 0.261 e. The second kappa shape index (κ2) is 12.7. The summed E-state index contributed by atoms with van der Waals surface area (Å²) in [6.07, 6.45) is 2.57. The Balaban J connectivity index is 1.23. The smallest absolute Gasteiger partial charge is 0.261 e. The lowest BCUT2D eigenvalue weighted by Gasteiger charge is -2.36. The maximum atomic E-state index is 14.5. The lowest BCUT2D eigenvalue weighted by Crippen LogP contribution is -2.67. The molecule has 2 aromatic heterocycles. The van der Waals surface area contributed by atoms with Crippen LogP contribution >= 0.6 is 11.3 Å². The van der Waals surface area contributed by atoms with Gasteiger partial charge < -0.3 is 16.4 Å². The van der Waals surface area contributed by atoms with Crippen LogP contribution in [0.1, 0.15) is 46.2 Å². The van der Waals surface area contributed by atoms with Crippen LogP contribution in [0.15, 0.2) is 121 Å². The number of fused-ring (bicyclic) bond motifs is 2. The first-order chi connectivity index (χ1) is 22.5. The molecular formula is C38H35N5O2S. The molecule has 2 unspecified atom stereocenters. The van der Waals surface area contributed by atoms with Crippen LogP contribution in [0.25, 0.3) is 20.9 Å². The van der Waals surface area contributed by atoms with E-state index in [1.54, 1.807) is 17.5 Å². The third-order valence-corrected chi connectivity index (χ3v) is 10.1. The van der Waals surface area contributed by atoms with Gasteiger partial charge in [-0.1, -0.05) is 103 Å². The number of carbonyl (C=O) groups excluding carboxylic acids is 2. The highest BCUT2D eigenvalue weighted by molar-refractivity contribution is 7.19. The number of amides is 2. The Kier molecular flexibility index (Phi) is 8.22. The number of hydrogen-bond donors (Lipinski definition) is 4. The van der Waals surface area contributed by atoms with Crippen LogP contribution in [0.5, 0.6) is 0 Å². The number of carbonyl (C=O) groups is 2. The molecule has 5 N–H and O–H groups in total. The summed E-state index contributed by atoms with van der Waals surface area (Å²) >= 11 is 1.57. The highest BCUT2D eigenvalue weighted by atomic mass is 32.1. The Morgan fingerprint density at radius 3 is 2.33 bits per heavy atom. The number of nitrogens with one attached hydrogen (secondary N) is 3. The fourth-order valence-electron chi connectivity index (χ4n) is 6.81. The number of aromatic nitrogens is 1. The van der Waals surface area contributed by atoms with Crippen LogP contribution in [-0.2, 0) is 16.1 Å². The molecule has 3 heterocycles. The Morgan fingerprint density at radius 2 is 1.59 bits per heavy atom. The molecule has 0 aliphatic carbocycles. The number of hydrogen-bond acceptors (Lipinski definition) is 6. The lowest BCUT2D eigenvalue weighted by molar-refractivity contribution is -0.135. The van der Waals surface area contributed by atoms with Crippen molar-refractivity contribution in [3.05, 3.63) is 143 Å². The molecule has 1 fully saturated rings. The number of pyridine rings is 1. The quantitative estimate of drug-likeness (QED) is 0.148. The molecule has 230 valence electrons. The van der Waals surface area contributed by atoms with Crippen molar-refractivity contribution in [3.8, 4) is 0 Å². The fourth-order valence-corrected chi connectivity index (χ4v) is 7.81. The van der Waals surface area contributed by atoms with E-state index in [2.05, 4.69) is 45.2 Å². The van der Waals surface area contributed by atoms with Crippen LogP contribution < -0.4 is 21.7 Å². The molecule has 1 saturated heterocycles. The number of nitrogen functional groups attached to an aromatic ring is 1. The Labute approximate surface area is 271 Å². The summed E-state index contributed by atoms with van der Waals surface area (Å²) in [7, 11) is 0. The molecular weight excluding hydrogens is 591 g/mol. The van der Waals surface area contributed by atoms with Crippen LogP contribution in [0.2, 0.25) is 0 Å². The number of nitrogens with two attached hydrogens (primary N) is 1. The molecule has 2 atom stereocenters. The molecule has 4 aromatic carbocycles. The summed E-state index contributed by atoms with van der Waals surface area (Å²) < 4.78 is 1.01. The first-order valence-electron chi connectivity index (χ1n) is 15.6. The number of anilines is 1. The number of rotatable bonds is 9. The minimum Gasteiger partial charge on any atom is -0.383 e. The first-order valence-corrected chi connectivity index (χ1v) is 16.4. The van der Waals surface area contributed by atoms with Gasteiger partial charge in [-0.2, -0.15) is 0 Å². The normalized spacial score (nSPS) is 17.8. The molecule has 6 aromatic rings. The maximum absolute atomic E-state index is 14.5. The van der Waals surface area contributed by atoms with E-state index < -0.39 is 5.66 Å². The Bertz CT molecular complexity index is 1970. The summed E-state index contributed by atoms with van der Waals surface area (Å²) in [5, 5.41) is 12.9. The molecule has 1 aliphatic heterocycles. The second-order valence-electron chi connectivity index (χ2n) is 11.8. The highest BCUT2D eigenvalue weighted by Crippen LogP contribution is 2.39. The summed E-state index contributed by atoms with van der Waals surface area (Å²) in [4.78, 5) is 33.8. The molecule has 0 saturated carbocycles. The zero-order chi connectivity index (χ0) is 31.5. The first kappa shape index (κ1) is 29.6. The molecule has 7 rings (SSSR count). The van der Waals surface area contributed by atoms with Crippen molar-refractivity contribution in [1.29, 1.82) is 0 Å². The Morgan fingerprint density at radius 1 is 0.891 bits per heavy atom. The van der Waals surface area contributed by atoms with Crippen molar-refractivity contribution in [2.24, 2.45) is 0 Å². The van der Waals surface area contributed by atoms with Gasteiger partial charge in [-0.05, 0) is 52.6 Å². The molecule has 2 amide bonds. The molecule has 0 radical (unpaired) electrons. The topological polar surface area (TPSA) is 109 Å². The van der Waals surface area contributed by atoms with Crippen molar-refractivity contribution in [2.75, 3.05) is 12.3 Å². The van der Waals surface area contributed by atoms with Crippen molar-refractivity contribution in [2.45, 2.75) is 36.9 Å². The summed E-state index contributed by atoms with van der Waals surface area (Å²) in [5.41, 5.74) is 7.88. The molecule has 1 aliphatic rings. The number of nitrogens with zero attached hydrogens (tertiary/aromatic N) is 1. The van der Waals surface area contributed by atoms with Crippen molar-refractivity contribution in [3.63, 3.8) is 0 Å². The third kappa shape index (κ3) is 5.73. The number of benzene rings is 4. The van der Waals surface area contributed by atoms with E-state index in [9.17, 15) is 9.59 Å². The van der Waals surface area contributed by atoms with Gasteiger partial charge in [0.15, 0.2) is 5.66 Å². The van der Waals surface area contributed by atoms with Crippen LogP contribution in [-0.4, -0.2) is 29.0 Å². The molecule has 0 bridgehead atoms. The minimum atomic E-state index is -1.35. The van der Waals surface area contributed by atoms with Crippen LogP contribution in [0.3, 0.4) is 0 Å². The zero-order valence-electron chi connectivity index (χ0n) is 25.3. The van der Waals surface area contributed by atoms with E-state index in [0.29, 0.717) is 25.3 Å². The Hall–Kier alpha value is -5.05. The van der Waals surface area contributed by atoms with Crippen molar-refractivity contribution >= 4 is 49.8 Å². The van der Waals surface area contributed by atoms with E-state index in [0.717, 1.165) is 42.4 Å². The van der Waals surface area contributed by atoms with Crippen LogP contribution in [0.4, 0.5) is 5.82 Å². The lowest BCUT2D eigenvalue weighted by atomic mass is 9.82. The largest absolute Gasteiger partial charge is 0.383 e. The van der Waals surface area contributed by atoms with Gasteiger partial charge in [0.1, 0.15) is 5.82 Å². The molecule has 8 heteroatoms. The van der Waals surface area contributed by atoms with Crippen LogP contribution in [0, 0.1) is 0 Å². The van der Waals surface area contributed by atoms with Crippen molar-refractivity contribution in [1.82, 2.24) is 20.9 Å². The van der Waals surface area contributed by atoms with Gasteiger partial charge in [-0.15, -0.1) is 11.3 Å². The highest BCUT2D eigenvalue weighted by Gasteiger charge is 2.51. The van der Waals surface area contributed by atoms with E-state index in [-0.39, 0.29) is 30.1 Å². The minimum absolute atomic E-state index is 0.169. The van der Waals surface area contributed by atoms with E-state index in [1.165, 1.54) is 0 Å². The summed E-state index contributed by atoms with van der Waals surface area (Å²) in [6.45, 7) is 0.878. The van der Waals surface area contributed by atoms with E-state index in [4.69, 9.17) is 5.73 Å². The van der Waals surface area contributed by atoms with Gasteiger partial charge in [-0.3, -0.25) is 14.9 Å². The van der Waals surface area contributed by atoms with Gasteiger partial charge in [0, 0.05) is 39.4 Å². The SMILES string of the molecule is Nc1nccc2sc(CNC(=O)C3(NC(=O)CC(c4ccccc4)c4ccccc4)NCCC3c3cccc4ccccc34)cc12. The average molecular weight is 626 g/mol. The standard InChI is InChI=1S/C38H35N5O2S/c39-36-32-22-28(46-34(32)19-20-40-36)24-41-37(45)38(33(18-21-42-38)30-17-9-15-25-14-7-8-16-29(25)30)43-35(44)23-31(26-10-3-1-4-11-26)27-12-5-2-6-13-27/h1-17,19-20,22,31,33,42H,18,21,23-24H2,(H2,39,40)(H,41,45)(H,43,44). The molecule has 46 heavy (non-hydrogen) atoms. The number of thiophene rings is 1. The summed E-state index contributed by atoms with van der Waals surface area (Å²) in [6, 6.07) is 38.4. The predicted octanol–water partition coefficient (Wildman–Crippen LogP) is 6.46. The van der Waals surface area contributed by atoms with Gasteiger partial charge in [0.25, 0.3) is 5.91 Å². The molecule has 0 spiro atoms. The average Bonchev–Trinajstić information content (AvgIpc) is 3.72. The van der Waals surface area contributed by atoms with Gasteiger partial charge in [0.05, 0.1) is 6.54 Å². The van der Waals surface area contributed by atoms with E-state index in [1.807, 2.05) is 91.0 Å². The molecule has 7 nitrogen and oxygen atoms in total. The van der Waals surface area contributed by atoms with Crippen molar-refractivity contribution < 1.29 is 9.59 Å². The third-order valence-electron chi connectivity index (χ3n) is 9.00. The monoisotopic (exact) mass is 625 g/mol. The van der Waals surface area contributed by atoms with E-state index >= 15 is 0 Å². The van der Waals surface area contributed by atoms with Gasteiger partial charge in [-0.25, -0.2) is 4.98 Å². The summed E-state index contributed by atoms with van der Waals surface area (Å²) in [5.74, 6) is -0.465. The second-order valence-corrected chi connectivity index (χ2v) is 12.9. The predicted molar refractivity (Wildman–Crippen MR) is 185 cm³/mol. The fraction of sp³-hybridized carbons (Fsp3) is 0.184.